The molecule has 60 valence electrons. The lowest BCUT2D eigenvalue weighted by Gasteiger charge is -2.07. The van der Waals surface area contributed by atoms with E-state index in [1.54, 1.807) is 6.20 Å². The van der Waals surface area contributed by atoms with E-state index in [1.165, 1.54) is 5.56 Å². The average Bonchev–Trinajstić information content (AvgIpc) is 1.94. The molecule has 1 nitrogen and oxygen atoms in total. The van der Waals surface area contributed by atoms with Crippen LogP contribution < -0.4 is 0 Å². The van der Waals surface area contributed by atoms with Gasteiger partial charge in [-0.2, -0.15) is 0 Å². The van der Waals surface area contributed by atoms with E-state index in [9.17, 15) is 0 Å². The molecular formula is C8H9BrClN. The first kappa shape index (κ1) is 9.01. The van der Waals surface area contributed by atoms with Crippen molar-refractivity contribution in [2.75, 3.05) is 0 Å². The Morgan fingerprint density at radius 3 is 2.64 bits per heavy atom. The Balaban J connectivity index is 3.17. The second-order valence-electron chi connectivity index (χ2n) is 2.66. The summed E-state index contributed by atoms with van der Waals surface area (Å²) in [4.78, 5) is 3.94. The van der Waals surface area contributed by atoms with Gasteiger partial charge in [0.1, 0.15) is 5.15 Å². The number of nitrogens with zero attached hydrogens (tertiary/aromatic N) is 1. The largest absolute Gasteiger partial charge is 0.243 e. The molecule has 0 spiro atoms. The van der Waals surface area contributed by atoms with Crippen molar-refractivity contribution in [2.24, 2.45) is 0 Å². The standard InChI is InChI=1S/C8H9BrClN/c1-5(2)6-3-4-11-8(10)7(6)9/h3-5H,1-2H3. The number of rotatable bonds is 1. The van der Waals surface area contributed by atoms with Crippen molar-refractivity contribution in [2.45, 2.75) is 19.8 Å². The average molecular weight is 235 g/mol. The van der Waals surface area contributed by atoms with Crippen LogP contribution in [0.5, 0.6) is 0 Å². The minimum absolute atomic E-state index is 0.477. The van der Waals surface area contributed by atoms with Crippen LogP contribution in [0.2, 0.25) is 5.15 Å². The van der Waals surface area contributed by atoms with E-state index in [0.717, 1.165) is 4.47 Å². The molecule has 0 aromatic carbocycles. The zero-order chi connectivity index (χ0) is 8.43. The number of pyridine rings is 1. The van der Waals surface area contributed by atoms with E-state index < -0.39 is 0 Å². The highest BCUT2D eigenvalue weighted by molar-refractivity contribution is 9.10. The normalized spacial score (nSPS) is 10.6. The fourth-order valence-corrected chi connectivity index (χ4v) is 1.74. The summed E-state index contributed by atoms with van der Waals surface area (Å²) in [5.74, 6) is 0.477. The first-order valence-electron chi connectivity index (χ1n) is 3.43. The monoisotopic (exact) mass is 233 g/mol. The molecule has 0 unspecified atom stereocenters. The molecule has 1 heterocycles. The van der Waals surface area contributed by atoms with Crippen molar-refractivity contribution in [1.82, 2.24) is 4.98 Å². The van der Waals surface area contributed by atoms with Crippen molar-refractivity contribution in [1.29, 1.82) is 0 Å². The Labute approximate surface area is 79.9 Å². The van der Waals surface area contributed by atoms with E-state index in [0.29, 0.717) is 11.1 Å². The lowest BCUT2D eigenvalue weighted by atomic mass is 10.1. The summed E-state index contributed by atoms with van der Waals surface area (Å²) >= 11 is 9.19. The lowest BCUT2D eigenvalue weighted by molar-refractivity contribution is 0.856. The van der Waals surface area contributed by atoms with Crippen LogP contribution >= 0.6 is 27.5 Å². The van der Waals surface area contributed by atoms with Crippen molar-refractivity contribution in [3.05, 3.63) is 27.5 Å². The first-order valence-corrected chi connectivity index (χ1v) is 4.60. The van der Waals surface area contributed by atoms with Crippen LogP contribution in [0.3, 0.4) is 0 Å². The van der Waals surface area contributed by atoms with Crippen LogP contribution in [-0.2, 0) is 0 Å². The maximum absolute atomic E-state index is 5.80. The summed E-state index contributed by atoms with van der Waals surface area (Å²) in [5, 5.41) is 0.538. The highest BCUT2D eigenvalue weighted by atomic mass is 79.9. The maximum atomic E-state index is 5.80. The molecule has 0 aliphatic carbocycles. The zero-order valence-electron chi connectivity index (χ0n) is 6.44. The van der Waals surface area contributed by atoms with Gasteiger partial charge in [0.15, 0.2) is 0 Å². The van der Waals surface area contributed by atoms with Gasteiger partial charge in [-0.3, -0.25) is 0 Å². The van der Waals surface area contributed by atoms with Gasteiger partial charge >= 0.3 is 0 Å². The smallest absolute Gasteiger partial charge is 0.143 e. The molecular weight excluding hydrogens is 225 g/mol. The topological polar surface area (TPSA) is 12.9 Å². The summed E-state index contributed by atoms with van der Waals surface area (Å²) < 4.78 is 0.914. The number of aromatic nitrogens is 1. The van der Waals surface area contributed by atoms with Gasteiger partial charge in [-0.15, -0.1) is 0 Å². The van der Waals surface area contributed by atoms with Crippen LogP contribution in [0, 0.1) is 0 Å². The lowest BCUT2D eigenvalue weighted by Crippen LogP contribution is -1.90. The summed E-state index contributed by atoms with van der Waals surface area (Å²) in [5.41, 5.74) is 1.20. The van der Waals surface area contributed by atoms with Crippen LogP contribution in [0.25, 0.3) is 0 Å². The third kappa shape index (κ3) is 1.94. The quantitative estimate of drug-likeness (QED) is 0.676. The molecule has 1 aromatic rings. The molecule has 0 amide bonds. The van der Waals surface area contributed by atoms with E-state index in [1.807, 2.05) is 6.07 Å². The summed E-state index contributed by atoms with van der Waals surface area (Å²) in [6.07, 6.45) is 1.72. The minimum Gasteiger partial charge on any atom is -0.243 e. The zero-order valence-corrected chi connectivity index (χ0v) is 8.78. The molecule has 0 aliphatic rings. The van der Waals surface area contributed by atoms with Gasteiger partial charge in [-0.1, -0.05) is 25.4 Å². The van der Waals surface area contributed by atoms with Gasteiger partial charge in [-0.25, -0.2) is 4.98 Å². The van der Waals surface area contributed by atoms with E-state index in [-0.39, 0.29) is 0 Å². The predicted molar refractivity (Wildman–Crippen MR) is 51.0 cm³/mol. The molecule has 0 radical (unpaired) electrons. The predicted octanol–water partition coefficient (Wildman–Crippen LogP) is 3.62. The highest BCUT2D eigenvalue weighted by Gasteiger charge is 2.07. The molecule has 0 aliphatic heterocycles. The second kappa shape index (κ2) is 3.55. The Bertz CT molecular complexity index is 260. The van der Waals surface area contributed by atoms with Crippen LogP contribution in [0.15, 0.2) is 16.7 Å². The molecule has 11 heavy (non-hydrogen) atoms. The SMILES string of the molecule is CC(C)c1ccnc(Cl)c1Br. The minimum atomic E-state index is 0.477. The molecule has 0 bridgehead atoms. The fraction of sp³-hybridized carbons (Fsp3) is 0.375. The Morgan fingerprint density at radius 2 is 2.18 bits per heavy atom. The van der Waals surface area contributed by atoms with Gasteiger partial charge in [0, 0.05) is 6.20 Å². The Kier molecular flexibility index (Phi) is 2.90. The molecule has 1 aromatic heterocycles. The number of halogens is 2. The van der Waals surface area contributed by atoms with E-state index in [2.05, 4.69) is 34.8 Å². The third-order valence-corrected chi connectivity index (χ3v) is 2.85. The Morgan fingerprint density at radius 1 is 1.55 bits per heavy atom. The first-order chi connectivity index (χ1) is 5.13. The van der Waals surface area contributed by atoms with E-state index >= 15 is 0 Å². The Hall–Kier alpha value is -0.0800. The molecule has 0 fully saturated rings. The van der Waals surface area contributed by atoms with Gasteiger partial charge in [0.05, 0.1) is 4.47 Å². The van der Waals surface area contributed by atoms with Crippen molar-refractivity contribution in [3.8, 4) is 0 Å². The van der Waals surface area contributed by atoms with Crippen molar-refractivity contribution >= 4 is 27.5 Å². The van der Waals surface area contributed by atoms with Crippen molar-refractivity contribution < 1.29 is 0 Å². The summed E-state index contributed by atoms with van der Waals surface area (Å²) in [6.45, 7) is 4.24. The summed E-state index contributed by atoms with van der Waals surface area (Å²) in [6, 6.07) is 1.97. The maximum Gasteiger partial charge on any atom is 0.143 e. The van der Waals surface area contributed by atoms with Crippen LogP contribution in [-0.4, -0.2) is 4.98 Å². The number of hydrogen-bond acceptors (Lipinski definition) is 1. The molecule has 1 rings (SSSR count). The highest BCUT2D eigenvalue weighted by Crippen LogP contribution is 2.28. The second-order valence-corrected chi connectivity index (χ2v) is 3.81. The van der Waals surface area contributed by atoms with E-state index in [4.69, 9.17) is 11.6 Å². The van der Waals surface area contributed by atoms with Gasteiger partial charge in [0.25, 0.3) is 0 Å². The molecule has 0 atom stereocenters. The number of hydrogen-bond donors (Lipinski definition) is 0. The van der Waals surface area contributed by atoms with Gasteiger partial charge < -0.3 is 0 Å². The molecule has 0 saturated heterocycles. The molecule has 3 heteroatoms. The van der Waals surface area contributed by atoms with Crippen LogP contribution in [0.4, 0.5) is 0 Å². The third-order valence-electron chi connectivity index (χ3n) is 1.50. The van der Waals surface area contributed by atoms with Crippen LogP contribution in [0.1, 0.15) is 25.3 Å². The summed E-state index contributed by atoms with van der Waals surface area (Å²) in [7, 11) is 0. The molecule has 0 N–H and O–H groups in total. The van der Waals surface area contributed by atoms with Gasteiger partial charge in [-0.05, 0) is 33.5 Å². The van der Waals surface area contributed by atoms with Gasteiger partial charge in [0.2, 0.25) is 0 Å². The molecule has 0 saturated carbocycles. The fourth-order valence-electron chi connectivity index (χ4n) is 0.878. The van der Waals surface area contributed by atoms with Crippen molar-refractivity contribution in [3.63, 3.8) is 0 Å².